The summed E-state index contributed by atoms with van der Waals surface area (Å²) in [5, 5.41) is 4.89. The molecule has 0 spiro atoms. The average Bonchev–Trinajstić information content (AvgIpc) is 2.12. The number of hydrogen-bond acceptors (Lipinski definition) is 4. The molecule has 0 saturated carbocycles. The van der Waals surface area contributed by atoms with Crippen molar-refractivity contribution in [2.24, 2.45) is 0 Å². The molecule has 0 unspecified atom stereocenters. The van der Waals surface area contributed by atoms with Gasteiger partial charge in [0.2, 0.25) is 0 Å². The number of hydrogen-bond donors (Lipinski definition) is 1. The van der Waals surface area contributed by atoms with Gasteiger partial charge in [0.05, 0.1) is 0 Å². The molecule has 0 aliphatic heterocycles. The van der Waals surface area contributed by atoms with Crippen LogP contribution < -0.4 is 5.32 Å². The highest BCUT2D eigenvalue weighted by atomic mass is 32.2. The second-order valence-electron chi connectivity index (χ2n) is 3.73. The van der Waals surface area contributed by atoms with E-state index in [1.165, 1.54) is 0 Å². The molecule has 84 valence electrons. The van der Waals surface area contributed by atoms with Crippen molar-refractivity contribution in [1.82, 2.24) is 9.97 Å². The molecule has 4 heteroatoms. The Labute approximate surface area is 96.1 Å². The quantitative estimate of drug-likeness (QED) is 0.617. The summed E-state index contributed by atoms with van der Waals surface area (Å²) < 4.78 is 0. The van der Waals surface area contributed by atoms with Gasteiger partial charge in [-0.2, -0.15) is 0 Å². The van der Waals surface area contributed by atoms with Crippen LogP contribution in [0.2, 0.25) is 0 Å². The van der Waals surface area contributed by atoms with E-state index in [1.807, 2.05) is 13.0 Å². The largest absolute Gasteiger partial charge is 0.370 e. The van der Waals surface area contributed by atoms with Crippen molar-refractivity contribution in [3.05, 3.63) is 11.9 Å². The summed E-state index contributed by atoms with van der Waals surface area (Å²) in [6, 6.07) is 2.02. The van der Waals surface area contributed by atoms with E-state index < -0.39 is 0 Å². The Morgan fingerprint density at radius 3 is 2.73 bits per heavy atom. The molecule has 0 radical (unpaired) electrons. The fourth-order valence-electron chi connectivity index (χ4n) is 1.19. The van der Waals surface area contributed by atoms with E-state index in [1.54, 1.807) is 11.8 Å². The summed E-state index contributed by atoms with van der Waals surface area (Å²) in [7, 11) is 0. The molecule has 0 atom stereocenters. The molecular weight excluding hydrogens is 206 g/mol. The van der Waals surface area contributed by atoms with Crippen LogP contribution in [0.25, 0.3) is 0 Å². The zero-order valence-electron chi connectivity index (χ0n) is 9.87. The molecule has 1 aromatic heterocycles. The maximum absolute atomic E-state index is 4.39. The highest BCUT2D eigenvalue weighted by Gasteiger charge is 2.04. The van der Waals surface area contributed by atoms with E-state index in [0.717, 1.165) is 29.6 Å². The molecule has 1 rings (SSSR count). The van der Waals surface area contributed by atoms with Crippen molar-refractivity contribution in [3.63, 3.8) is 0 Å². The second-order valence-corrected chi connectivity index (χ2v) is 5.33. The number of nitrogens with one attached hydrogen (secondary N) is 1. The lowest BCUT2D eigenvalue weighted by atomic mass is 10.4. The first kappa shape index (κ1) is 12.3. The maximum Gasteiger partial charge on any atom is 0.130 e. The highest BCUT2D eigenvalue weighted by molar-refractivity contribution is 7.99. The Morgan fingerprint density at radius 2 is 2.13 bits per heavy atom. The predicted molar refractivity (Wildman–Crippen MR) is 66.5 cm³/mol. The van der Waals surface area contributed by atoms with E-state index in [-0.39, 0.29) is 0 Å². The van der Waals surface area contributed by atoms with Gasteiger partial charge in [-0.3, -0.25) is 0 Å². The normalized spacial score (nSPS) is 10.7. The van der Waals surface area contributed by atoms with Gasteiger partial charge in [0.15, 0.2) is 0 Å². The number of aromatic nitrogens is 2. The first-order valence-electron chi connectivity index (χ1n) is 5.38. The van der Waals surface area contributed by atoms with Crippen LogP contribution in [0, 0.1) is 6.92 Å². The molecule has 0 amide bonds. The van der Waals surface area contributed by atoms with Crippen molar-refractivity contribution < 1.29 is 0 Å². The first-order valence-corrected chi connectivity index (χ1v) is 6.26. The number of thioether (sulfide) groups is 1. The first-order chi connectivity index (χ1) is 7.11. The second kappa shape index (κ2) is 5.95. The van der Waals surface area contributed by atoms with Crippen molar-refractivity contribution >= 4 is 17.6 Å². The van der Waals surface area contributed by atoms with E-state index in [9.17, 15) is 0 Å². The Kier molecular flexibility index (Phi) is 4.88. The Hall–Kier alpha value is -0.770. The molecular formula is C11H19N3S. The van der Waals surface area contributed by atoms with Crippen molar-refractivity contribution in [3.8, 4) is 0 Å². The lowest BCUT2D eigenvalue weighted by Gasteiger charge is -2.08. The van der Waals surface area contributed by atoms with Crippen molar-refractivity contribution in [2.45, 2.75) is 44.4 Å². The van der Waals surface area contributed by atoms with Crippen LogP contribution in [0.5, 0.6) is 0 Å². The van der Waals surface area contributed by atoms with Crippen LogP contribution in [0.4, 0.5) is 5.82 Å². The smallest absolute Gasteiger partial charge is 0.130 e. The van der Waals surface area contributed by atoms with Gasteiger partial charge in [0, 0.05) is 17.9 Å². The van der Waals surface area contributed by atoms with Crippen LogP contribution in [0.3, 0.4) is 0 Å². The predicted octanol–water partition coefficient (Wildman–Crippen LogP) is 3.11. The van der Waals surface area contributed by atoms with Crippen LogP contribution in [0.1, 0.15) is 33.0 Å². The Bertz CT molecular complexity index is 313. The number of nitrogens with zero attached hydrogens (tertiary/aromatic N) is 2. The monoisotopic (exact) mass is 225 g/mol. The minimum atomic E-state index is 0.554. The standard InChI is InChI=1S/C11H19N3S/c1-5-6-12-10-7-11(15-8(2)3)14-9(4)13-10/h7-8H,5-6H2,1-4H3,(H,12,13,14). The van der Waals surface area contributed by atoms with E-state index in [4.69, 9.17) is 0 Å². The summed E-state index contributed by atoms with van der Waals surface area (Å²) >= 11 is 1.77. The molecule has 3 nitrogen and oxygen atoms in total. The number of aryl methyl sites for hydroxylation is 1. The molecule has 15 heavy (non-hydrogen) atoms. The van der Waals surface area contributed by atoms with Gasteiger partial charge < -0.3 is 5.32 Å². The van der Waals surface area contributed by atoms with E-state index in [0.29, 0.717) is 5.25 Å². The molecule has 1 aromatic rings. The van der Waals surface area contributed by atoms with Crippen molar-refractivity contribution in [2.75, 3.05) is 11.9 Å². The Balaban J connectivity index is 2.75. The summed E-state index contributed by atoms with van der Waals surface area (Å²) in [5.74, 6) is 1.77. The molecule has 0 bridgehead atoms. The van der Waals surface area contributed by atoms with E-state index >= 15 is 0 Å². The Morgan fingerprint density at radius 1 is 1.40 bits per heavy atom. The van der Waals surface area contributed by atoms with Gasteiger partial charge in [-0.1, -0.05) is 20.8 Å². The lowest BCUT2D eigenvalue weighted by molar-refractivity contribution is 0.925. The zero-order valence-corrected chi connectivity index (χ0v) is 10.7. The summed E-state index contributed by atoms with van der Waals surface area (Å²) in [6.07, 6.45) is 1.11. The topological polar surface area (TPSA) is 37.8 Å². The van der Waals surface area contributed by atoms with Gasteiger partial charge in [0.1, 0.15) is 16.7 Å². The van der Waals surface area contributed by atoms with Crippen molar-refractivity contribution in [1.29, 1.82) is 0 Å². The molecule has 1 heterocycles. The molecule has 0 aliphatic rings. The SMILES string of the molecule is CCCNc1cc(SC(C)C)nc(C)n1. The maximum atomic E-state index is 4.39. The van der Waals surface area contributed by atoms with Gasteiger partial charge in [-0.05, 0) is 13.3 Å². The van der Waals surface area contributed by atoms with Crippen LogP contribution in [-0.4, -0.2) is 21.8 Å². The van der Waals surface area contributed by atoms with Crippen LogP contribution in [0.15, 0.2) is 11.1 Å². The minimum Gasteiger partial charge on any atom is -0.370 e. The van der Waals surface area contributed by atoms with Gasteiger partial charge >= 0.3 is 0 Å². The third-order valence-corrected chi connectivity index (χ3v) is 2.65. The highest BCUT2D eigenvalue weighted by Crippen LogP contribution is 2.22. The van der Waals surface area contributed by atoms with Gasteiger partial charge in [-0.15, -0.1) is 11.8 Å². The third kappa shape index (κ3) is 4.51. The van der Waals surface area contributed by atoms with Gasteiger partial charge in [0.25, 0.3) is 0 Å². The minimum absolute atomic E-state index is 0.554. The average molecular weight is 225 g/mol. The third-order valence-electron chi connectivity index (χ3n) is 1.73. The zero-order chi connectivity index (χ0) is 11.3. The van der Waals surface area contributed by atoms with Crippen LogP contribution in [-0.2, 0) is 0 Å². The lowest BCUT2D eigenvalue weighted by Crippen LogP contribution is -2.04. The van der Waals surface area contributed by atoms with Crippen LogP contribution >= 0.6 is 11.8 Å². The number of rotatable bonds is 5. The van der Waals surface area contributed by atoms with Gasteiger partial charge in [-0.25, -0.2) is 9.97 Å². The fraction of sp³-hybridized carbons (Fsp3) is 0.636. The molecule has 0 aromatic carbocycles. The summed E-state index contributed by atoms with van der Waals surface area (Å²) in [5.41, 5.74) is 0. The fourth-order valence-corrected chi connectivity index (χ4v) is 2.03. The molecule has 0 saturated heterocycles. The molecule has 0 aliphatic carbocycles. The van der Waals surface area contributed by atoms with E-state index in [2.05, 4.69) is 36.1 Å². The number of anilines is 1. The summed E-state index contributed by atoms with van der Waals surface area (Å²) in [6.45, 7) is 9.37. The summed E-state index contributed by atoms with van der Waals surface area (Å²) in [4.78, 5) is 8.74. The molecule has 1 N–H and O–H groups in total. The molecule has 0 fully saturated rings.